The minimum absolute atomic E-state index is 0.000920. The molecule has 4 nitrogen and oxygen atoms in total. The summed E-state index contributed by atoms with van der Waals surface area (Å²) in [6.45, 7) is 2.43. The lowest BCUT2D eigenvalue weighted by atomic mass is 10.2. The quantitative estimate of drug-likeness (QED) is 0.743. The molecule has 20 heavy (non-hydrogen) atoms. The highest BCUT2D eigenvalue weighted by atomic mass is 32.1. The molecule has 0 amide bonds. The van der Waals surface area contributed by atoms with Crippen molar-refractivity contribution in [3.63, 3.8) is 0 Å². The van der Waals surface area contributed by atoms with Crippen molar-refractivity contribution in [2.75, 3.05) is 7.11 Å². The second-order valence-electron chi connectivity index (χ2n) is 4.59. The average Bonchev–Trinajstić information content (AvgIpc) is 2.85. The van der Waals surface area contributed by atoms with E-state index in [0.717, 1.165) is 22.4 Å². The van der Waals surface area contributed by atoms with Crippen molar-refractivity contribution in [3.8, 4) is 5.75 Å². The van der Waals surface area contributed by atoms with Crippen molar-refractivity contribution in [1.82, 2.24) is 9.55 Å². The molecule has 0 saturated carbocycles. The highest BCUT2D eigenvalue weighted by Gasteiger charge is 2.10. The Morgan fingerprint density at radius 2 is 2.15 bits per heavy atom. The smallest absolute Gasteiger partial charge is 0.271 e. The fourth-order valence-corrected chi connectivity index (χ4v) is 3.14. The molecule has 0 spiro atoms. The maximum Gasteiger partial charge on any atom is 0.271 e. The number of aryl methyl sites for hydroxylation is 1. The molecule has 3 aromatic rings. The van der Waals surface area contributed by atoms with Gasteiger partial charge in [0.05, 0.1) is 25.5 Å². The van der Waals surface area contributed by atoms with Crippen LogP contribution in [0.4, 0.5) is 0 Å². The molecule has 0 N–H and O–H groups in total. The van der Waals surface area contributed by atoms with Crippen LogP contribution in [-0.2, 0) is 6.54 Å². The monoisotopic (exact) mass is 286 g/mol. The zero-order chi connectivity index (χ0) is 14.1. The Bertz CT molecular complexity index is 820. The maximum atomic E-state index is 12.4. The van der Waals surface area contributed by atoms with E-state index in [1.165, 1.54) is 11.3 Å². The van der Waals surface area contributed by atoms with Crippen LogP contribution in [0.1, 0.15) is 11.1 Å². The molecule has 0 atom stereocenters. The third kappa shape index (κ3) is 2.10. The number of thiophene rings is 1. The first-order chi connectivity index (χ1) is 9.70. The normalized spacial score (nSPS) is 10.9. The summed E-state index contributed by atoms with van der Waals surface area (Å²) >= 11 is 1.45. The van der Waals surface area contributed by atoms with Crippen LogP contribution in [0.25, 0.3) is 10.2 Å². The van der Waals surface area contributed by atoms with Crippen LogP contribution in [-0.4, -0.2) is 16.7 Å². The lowest BCUT2D eigenvalue weighted by molar-refractivity contribution is 0.408. The van der Waals surface area contributed by atoms with E-state index in [2.05, 4.69) is 4.98 Å². The number of aromatic nitrogens is 2. The van der Waals surface area contributed by atoms with Crippen molar-refractivity contribution in [1.29, 1.82) is 0 Å². The van der Waals surface area contributed by atoms with Crippen molar-refractivity contribution < 1.29 is 4.74 Å². The van der Waals surface area contributed by atoms with Gasteiger partial charge in [-0.05, 0) is 23.9 Å². The molecule has 1 aromatic carbocycles. The first kappa shape index (κ1) is 12.9. The minimum atomic E-state index is -0.000920. The number of ether oxygens (including phenoxy) is 1. The summed E-state index contributed by atoms with van der Waals surface area (Å²) in [5, 5.41) is 1.96. The van der Waals surface area contributed by atoms with E-state index in [0.29, 0.717) is 11.2 Å². The fraction of sp³-hybridized carbons (Fsp3) is 0.200. The summed E-state index contributed by atoms with van der Waals surface area (Å²) in [4.78, 5) is 16.8. The number of benzene rings is 1. The molecule has 2 heterocycles. The lowest BCUT2D eigenvalue weighted by Crippen LogP contribution is -2.20. The van der Waals surface area contributed by atoms with Crippen LogP contribution in [0, 0.1) is 6.92 Å². The van der Waals surface area contributed by atoms with Crippen LogP contribution in [0.5, 0.6) is 5.75 Å². The summed E-state index contributed by atoms with van der Waals surface area (Å²) in [5.41, 5.74) is 2.81. The van der Waals surface area contributed by atoms with Gasteiger partial charge >= 0.3 is 0 Å². The summed E-state index contributed by atoms with van der Waals surface area (Å²) in [7, 11) is 1.63. The Hall–Kier alpha value is -2.14. The summed E-state index contributed by atoms with van der Waals surface area (Å²) in [5.74, 6) is 0.779. The van der Waals surface area contributed by atoms with Crippen LogP contribution in [0.3, 0.4) is 0 Å². The van der Waals surface area contributed by atoms with Gasteiger partial charge in [0.25, 0.3) is 5.56 Å². The SMILES string of the molecule is COc1ccccc1Cn1cnc2c(C)csc2c1=O. The molecule has 0 unspecified atom stereocenters. The van der Waals surface area contributed by atoms with Crippen LogP contribution in [0.15, 0.2) is 40.8 Å². The molecule has 3 rings (SSSR count). The van der Waals surface area contributed by atoms with Crippen LogP contribution >= 0.6 is 11.3 Å². The van der Waals surface area contributed by atoms with Crippen molar-refractivity contribution in [3.05, 3.63) is 57.5 Å². The number of hydrogen-bond acceptors (Lipinski definition) is 4. The Balaban J connectivity index is 2.07. The Morgan fingerprint density at radius 3 is 2.95 bits per heavy atom. The van der Waals surface area contributed by atoms with Gasteiger partial charge in [-0.25, -0.2) is 4.98 Å². The van der Waals surface area contributed by atoms with Gasteiger partial charge in [0, 0.05) is 5.56 Å². The van der Waals surface area contributed by atoms with E-state index < -0.39 is 0 Å². The third-order valence-corrected chi connectivity index (χ3v) is 4.33. The van der Waals surface area contributed by atoms with Gasteiger partial charge in [0.15, 0.2) is 0 Å². The molecule has 0 aliphatic carbocycles. The Labute approximate surface area is 120 Å². The van der Waals surface area contributed by atoms with Crippen LogP contribution < -0.4 is 10.3 Å². The molecule has 0 aliphatic rings. The Kier molecular flexibility index (Phi) is 3.28. The highest BCUT2D eigenvalue weighted by molar-refractivity contribution is 7.17. The van der Waals surface area contributed by atoms with Gasteiger partial charge in [0.1, 0.15) is 10.4 Å². The zero-order valence-corrected chi connectivity index (χ0v) is 12.1. The first-order valence-corrected chi connectivity index (χ1v) is 7.14. The number of methoxy groups -OCH3 is 1. The maximum absolute atomic E-state index is 12.4. The topological polar surface area (TPSA) is 44.1 Å². The van der Waals surface area contributed by atoms with Gasteiger partial charge in [0.2, 0.25) is 0 Å². The van der Waals surface area contributed by atoms with E-state index in [1.807, 2.05) is 36.6 Å². The molecule has 0 saturated heterocycles. The third-order valence-electron chi connectivity index (χ3n) is 3.26. The largest absolute Gasteiger partial charge is 0.496 e. The lowest BCUT2D eigenvalue weighted by Gasteiger charge is -2.09. The number of hydrogen-bond donors (Lipinski definition) is 0. The van der Waals surface area contributed by atoms with E-state index in [9.17, 15) is 4.79 Å². The van der Waals surface area contributed by atoms with Gasteiger partial charge in [-0.3, -0.25) is 9.36 Å². The number of nitrogens with zero attached hydrogens (tertiary/aromatic N) is 2. The van der Waals surface area contributed by atoms with E-state index >= 15 is 0 Å². The summed E-state index contributed by atoms with van der Waals surface area (Å²) in [6, 6.07) is 7.69. The van der Waals surface area contributed by atoms with Crippen molar-refractivity contribution in [2.45, 2.75) is 13.5 Å². The number of para-hydroxylation sites is 1. The van der Waals surface area contributed by atoms with Gasteiger partial charge in [-0.2, -0.15) is 0 Å². The average molecular weight is 286 g/mol. The molecule has 0 radical (unpaired) electrons. The van der Waals surface area contributed by atoms with E-state index in [1.54, 1.807) is 18.0 Å². The molecule has 0 bridgehead atoms. The van der Waals surface area contributed by atoms with Crippen molar-refractivity contribution in [2.24, 2.45) is 0 Å². The van der Waals surface area contributed by atoms with Gasteiger partial charge in [-0.1, -0.05) is 18.2 Å². The highest BCUT2D eigenvalue weighted by Crippen LogP contribution is 2.21. The van der Waals surface area contributed by atoms with Gasteiger partial charge < -0.3 is 4.74 Å². The number of rotatable bonds is 3. The molecule has 2 aromatic heterocycles. The van der Waals surface area contributed by atoms with Crippen molar-refractivity contribution >= 4 is 21.6 Å². The fourth-order valence-electron chi connectivity index (χ4n) is 2.19. The predicted octanol–water partition coefficient (Wildman–Crippen LogP) is 2.82. The van der Waals surface area contributed by atoms with Gasteiger partial charge in [-0.15, -0.1) is 11.3 Å². The second kappa shape index (κ2) is 5.09. The standard InChI is InChI=1S/C15H14N2O2S/c1-10-8-20-14-13(10)16-9-17(15(14)18)7-11-5-3-4-6-12(11)19-2/h3-6,8-9H,7H2,1-2H3. The molecular weight excluding hydrogens is 272 g/mol. The molecule has 102 valence electrons. The summed E-state index contributed by atoms with van der Waals surface area (Å²) in [6.07, 6.45) is 1.61. The first-order valence-electron chi connectivity index (χ1n) is 6.26. The minimum Gasteiger partial charge on any atom is -0.496 e. The second-order valence-corrected chi connectivity index (χ2v) is 5.47. The molecule has 0 fully saturated rings. The predicted molar refractivity (Wildman–Crippen MR) is 80.7 cm³/mol. The van der Waals surface area contributed by atoms with E-state index in [-0.39, 0.29) is 5.56 Å². The zero-order valence-electron chi connectivity index (χ0n) is 11.3. The molecular formula is C15H14N2O2S. The Morgan fingerprint density at radius 1 is 1.35 bits per heavy atom. The van der Waals surface area contributed by atoms with Crippen LogP contribution in [0.2, 0.25) is 0 Å². The summed E-state index contributed by atoms with van der Waals surface area (Å²) < 4.78 is 7.65. The molecule has 0 aliphatic heterocycles. The molecule has 5 heteroatoms. The van der Waals surface area contributed by atoms with E-state index in [4.69, 9.17) is 4.74 Å². The number of fused-ring (bicyclic) bond motifs is 1.